The summed E-state index contributed by atoms with van der Waals surface area (Å²) in [4.78, 5) is 25.2. The number of allylic oxidation sites excluding steroid dienone is 2. The minimum atomic E-state index is -0.125. The van der Waals surface area contributed by atoms with Gasteiger partial charge in [-0.25, -0.2) is 0 Å². The first-order valence-corrected chi connectivity index (χ1v) is 3.97. The van der Waals surface area contributed by atoms with Crippen molar-refractivity contribution >= 4 is 17.8 Å². The van der Waals surface area contributed by atoms with E-state index in [9.17, 15) is 9.59 Å². The van der Waals surface area contributed by atoms with Crippen LogP contribution in [-0.2, 0) is 9.59 Å². The topological polar surface area (TPSA) is 46.5 Å². The maximum Gasteiger partial charge on any atom is 0.182 e. The summed E-state index contributed by atoms with van der Waals surface area (Å²) < 4.78 is 0. The third kappa shape index (κ3) is 3.01. The van der Waals surface area contributed by atoms with Gasteiger partial charge in [0.2, 0.25) is 0 Å². The highest BCUT2D eigenvalue weighted by atomic mass is 16.1. The number of carbonyl (C=O) groups is 2. The van der Waals surface area contributed by atoms with Gasteiger partial charge in [0.1, 0.15) is 12.0 Å². The van der Waals surface area contributed by atoms with Crippen LogP contribution in [0.4, 0.5) is 0 Å². The summed E-state index contributed by atoms with van der Waals surface area (Å²) in [5.41, 5.74) is 3.13. The van der Waals surface area contributed by atoms with Crippen molar-refractivity contribution in [3.8, 4) is 0 Å². The van der Waals surface area contributed by atoms with Crippen LogP contribution in [0.3, 0.4) is 0 Å². The van der Waals surface area contributed by atoms with E-state index in [4.69, 9.17) is 0 Å². The molecule has 0 atom stereocenters. The summed E-state index contributed by atoms with van der Waals surface area (Å²) in [6.07, 6.45) is 7.61. The molecular formula is C10H9NO2. The van der Waals surface area contributed by atoms with Gasteiger partial charge in [-0.2, -0.15) is 0 Å². The molecule has 0 aliphatic carbocycles. The van der Waals surface area contributed by atoms with E-state index < -0.39 is 0 Å². The Hall–Kier alpha value is -1.73. The van der Waals surface area contributed by atoms with E-state index in [1.165, 1.54) is 12.3 Å². The predicted molar refractivity (Wildman–Crippen MR) is 49.5 cm³/mol. The molecule has 0 fully saturated rings. The lowest BCUT2D eigenvalue weighted by atomic mass is 10.1. The maximum absolute atomic E-state index is 11.3. The van der Waals surface area contributed by atoms with Crippen LogP contribution in [0.1, 0.15) is 12.8 Å². The molecule has 0 unspecified atom stereocenters. The number of Topliss-reactive ketones (excluding diaryl/α,β-unsaturated/α-hetero) is 1. The summed E-state index contributed by atoms with van der Waals surface area (Å²) in [5, 5.41) is 0. The Kier molecular flexibility index (Phi) is 3.61. The van der Waals surface area contributed by atoms with Crippen LogP contribution >= 0.6 is 0 Å². The summed E-state index contributed by atoms with van der Waals surface area (Å²) in [6, 6.07) is 0. The van der Waals surface area contributed by atoms with E-state index in [0.717, 1.165) is 6.29 Å². The molecule has 0 aromatic heterocycles. The van der Waals surface area contributed by atoms with Gasteiger partial charge in [-0.3, -0.25) is 9.79 Å². The van der Waals surface area contributed by atoms with Crippen molar-refractivity contribution in [3.05, 3.63) is 30.2 Å². The molecule has 0 amide bonds. The van der Waals surface area contributed by atoms with Crippen LogP contribution in [0.2, 0.25) is 0 Å². The van der Waals surface area contributed by atoms with Crippen molar-refractivity contribution in [1.29, 1.82) is 0 Å². The van der Waals surface area contributed by atoms with Crippen LogP contribution in [0.5, 0.6) is 0 Å². The van der Waals surface area contributed by atoms with Crippen LogP contribution in [0, 0.1) is 0 Å². The highest BCUT2D eigenvalue weighted by Gasteiger charge is 2.06. The van der Waals surface area contributed by atoms with Crippen LogP contribution in [-0.4, -0.2) is 17.8 Å². The summed E-state index contributed by atoms with van der Waals surface area (Å²) in [5.74, 6) is -0.125. The molecule has 3 nitrogen and oxygen atoms in total. The second-order valence-corrected chi connectivity index (χ2v) is 2.46. The van der Waals surface area contributed by atoms with E-state index >= 15 is 0 Å². The fourth-order valence-electron chi connectivity index (χ4n) is 0.857. The molecule has 66 valence electrons. The number of carbonyl (C=O) groups excluding carboxylic acids is 2. The molecule has 0 N–H and O–H groups in total. The minimum Gasteiger partial charge on any atom is -0.303 e. The lowest BCUT2D eigenvalue weighted by molar-refractivity contribution is -0.115. The highest BCUT2D eigenvalue weighted by molar-refractivity contribution is 6.44. The number of aldehydes is 1. The molecule has 0 saturated carbocycles. The van der Waals surface area contributed by atoms with E-state index in [1.807, 2.05) is 0 Å². The normalized spacial score (nSPS) is 13.7. The average molecular weight is 175 g/mol. The molecule has 0 aromatic rings. The average Bonchev–Trinajstić information content (AvgIpc) is 2.42. The van der Waals surface area contributed by atoms with E-state index in [0.29, 0.717) is 5.71 Å². The summed E-state index contributed by atoms with van der Waals surface area (Å²) in [7, 11) is 0. The zero-order valence-electron chi connectivity index (χ0n) is 7.06. The second-order valence-electron chi connectivity index (χ2n) is 2.46. The molecule has 0 bridgehead atoms. The second kappa shape index (κ2) is 5.01. The Balaban J connectivity index is 2.66. The number of rotatable bonds is 4. The third-order valence-electron chi connectivity index (χ3n) is 1.49. The Morgan fingerprint density at radius 2 is 2.46 bits per heavy atom. The van der Waals surface area contributed by atoms with Crippen LogP contribution < -0.4 is 0 Å². The van der Waals surface area contributed by atoms with Crippen molar-refractivity contribution in [2.45, 2.75) is 12.8 Å². The van der Waals surface area contributed by atoms with E-state index in [1.54, 1.807) is 12.2 Å². The summed E-state index contributed by atoms with van der Waals surface area (Å²) >= 11 is 0. The number of hydrogen-bond donors (Lipinski definition) is 0. The molecule has 0 radical (unpaired) electrons. The fraction of sp³-hybridized carbons (Fsp3) is 0.200. The molecule has 1 aliphatic rings. The third-order valence-corrected chi connectivity index (χ3v) is 1.49. The molecule has 13 heavy (non-hydrogen) atoms. The van der Waals surface area contributed by atoms with Gasteiger partial charge in [0, 0.05) is 25.1 Å². The lowest BCUT2D eigenvalue weighted by Crippen LogP contribution is -2.10. The first-order valence-electron chi connectivity index (χ1n) is 3.97. The van der Waals surface area contributed by atoms with Gasteiger partial charge in [-0.05, 0) is 12.2 Å². The van der Waals surface area contributed by atoms with E-state index in [2.05, 4.69) is 10.7 Å². The Morgan fingerprint density at radius 1 is 1.62 bits per heavy atom. The van der Waals surface area contributed by atoms with Gasteiger partial charge >= 0.3 is 0 Å². The number of hydrogen-bond acceptors (Lipinski definition) is 3. The van der Waals surface area contributed by atoms with Gasteiger partial charge < -0.3 is 4.79 Å². The van der Waals surface area contributed by atoms with Crippen molar-refractivity contribution in [1.82, 2.24) is 0 Å². The zero-order valence-corrected chi connectivity index (χ0v) is 7.06. The predicted octanol–water partition coefficient (Wildman–Crippen LogP) is 1.21. The van der Waals surface area contributed by atoms with Crippen LogP contribution in [0.25, 0.3) is 0 Å². The monoisotopic (exact) mass is 175 g/mol. The van der Waals surface area contributed by atoms with Gasteiger partial charge in [0.15, 0.2) is 5.78 Å². The standard InChI is InChI=1S/C10H9NO2/c12-8-4-6-10(13)9-5-2-1-3-7-11-9/h1,3,5,7-8H,4,6H2. The van der Waals surface area contributed by atoms with Crippen molar-refractivity contribution in [3.63, 3.8) is 0 Å². The lowest BCUT2D eigenvalue weighted by Gasteiger charge is -1.94. The molecule has 1 aliphatic heterocycles. The van der Waals surface area contributed by atoms with Crippen LogP contribution in [0.15, 0.2) is 35.2 Å². The van der Waals surface area contributed by atoms with Gasteiger partial charge in [0.05, 0.1) is 0 Å². The summed E-state index contributed by atoms with van der Waals surface area (Å²) in [6.45, 7) is 0. The molecule has 0 aromatic carbocycles. The largest absolute Gasteiger partial charge is 0.303 e. The highest BCUT2D eigenvalue weighted by Crippen LogP contribution is 1.96. The zero-order chi connectivity index (χ0) is 9.52. The van der Waals surface area contributed by atoms with Crippen molar-refractivity contribution in [2.24, 2.45) is 4.99 Å². The Bertz CT molecular complexity index is 331. The SMILES string of the molecule is O=CCCC(=O)C1=NC=CC=C=C1. The van der Waals surface area contributed by atoms with Gasteiger partial charge in [-0.1, -0.05) is 0 Å². The number of nitrogens with zero attached hydrogens (tertiary/aromatic N) is 1. The molecular weight excluding hydrogens is 166 g/mol. The molecule has 1 heterocycles. The maximum atomic E-state index is 11.3. The fourth-order valence-corrected chi connectivity index (χ4v) is 0.857. The quantitative estimate of drug-likeness (QED) is 0.476. The van der Waals surface area contributed by atoms with Crippen molar-refractivity contribution in [2.75, 3.05) is 0 Å². The number of ketones is 1. The molecule has 0 spiro atoms. The van der Waals surface area contributed by atoms with Gasteiger partial charge in [-0.15, -0.1) is 5.73 Å². The molecule has 0 saturated heterocycles. The first kappa shape index (κ1) is 9.36. The Labute approximate surface area is 76.2 Å². The molecule has 3 heteroatoms. The minimum absolute atomic E-state index is 0.125. The van der Waals surface area contributed by atoms with Crippen molar-refractivity contribution < 1.29 is 9.59 Å². The Morgan fingerprint density at radius 3 is 3.23 bits per heavy atom. The van der Waals surface area contributed by atoms with Gasteiger partial charge in [0.25, 0.3) is 0 Å². The number of aliphatic imine (C=N–C) groups is 1. The van der Waals surface area contributed by atoms with E-state index in [-0.39, 0.29) is 18.6 Å². The smallest absolute Gasteiger partial charge is 0.182 e. The molecule has 1 rings (SSSR count). The first-order chi connectivity index (χ1) is 6.34.